The Morgan fingerprint density at radius 3 is 2.48 bits per heavy atom. The van der Waals surface area contributed by atoms with Crippen LogP contribution in [0.1, 0.15) is 27.2 Å². The van der Waals surface area contributed by atoms with Crippen LogP contribution in [0.15, 0.2) is 35.7 Å². The summed E-state index contributed by atoms with van der Waals surface area (Å²) < 4.78 is 0. The van der Waals surface area contributed by atoms with E-state index in [4.69, 9.17) is 11.6 Å². The number of piperazine rings is 1. The number of rotatable bonds is 4. The second-order valence-electron chi connectivity index (χ2n) is 6.23. The van der Waals surface area contributed by atoms with Gasteiger partial charge in [0.15, 0.2) is 0 Å². The monoisotopic (exact) mass is 376 g/mol. The minimum atomic E-state index is 0.0661. The zero-order valence-electron chi connectivity index (χ0n) is 14.2. The molecule has 0 spiro atoms. The van der Waals surface area contributed by atoms with Gasteiger partial charge in [-0.25, -0.2) is 0 Å². The molecule has 1 aliphatic heterocycles. The van der Waals surface area contributed by atoms with Crippen LogP contribution in [0.25, 0.3) is 0 Å². The first-order valence-corrected chi connectivity index (χ1v) is 9.66. The van der Waals surface area contributed by atoms with Gasteiger partial charge < -0.3 is 9.80 Å². The Morgan fingerprint density at radius 2 is 1.84 bits per heavy atom. The molecule has 3 rings (SSSR count). The first-order valence-electron chi connectivity index (χ1n) is 8.40. The molecule has 1 fully saturated rings. The second kappa shape index (κ2) is 8.02. The minimum Gasteiger partial charge on any atom is -0.339 e. The van der Waals surface area contributed by atoms with E-state index in [0.29, 0.717) is 39.0 Å². The summed E-state index contributed by atoms with van der Waals surface area (Å²) >= 11 is 7.59. The van der Waals surface area contributed by atoms with Crippen LogP contribution in [0.2, 0.25) is 5.02 Å². The number of aryl methyl sites for hydroxylation is 2. The normalized spacial score (nSPS) is 14.6. The van der Waals surface area contributed by atoms with Crippen LogP contribution in [-0.2, 0) is 11.2 Å². The van der Waals surface area contributed by atoms with Crippen LogP contribution in [0.4, 0.5) is 0 Å². The number of thiophene rings is 1. The number of carbonyl (C=O) groups excluding carboxylic acids is 2. The zero-order chi connectivity index (χ0) is 17.8. The lowest BCUT2D eigenvalue weighted by Crippen LogP contribution is -2.50. The lowest BCUT2D eigenvalue weighted by molar-refractivity contribution is -0.132. The van der Waals surface area contributed by atoms with E-state index < -0.39 is 0 Å². The van der Waals surface area contributed by atoms with Gasteiger partial charge in [-0.3, -0.25) is 9.59 Å². The zero-order valence-corrected chi connectivity index (χ0v) is 15.8. The Hall–Kier alpha value is -1.85. The molecule has 132 valence electrons. The molecule has 0 atom stereocenters. The molecule has 4 nitrogen and oxygen atoms in total. The second-order valence-corrected chi connectivity index (χ2v) is 7.59. The summed E-state index contributed by atoms with van der Waals surface area (Å²) in [5.74, 6) is 0.205. The number of carbonyl (C=O) groups is 2. The van der Waals surface area contributed by atoms with Crippen molar-refractivity contribution in [2.75, 3.05) is 26.2 Å². The summed E-state index contributed by atoms with van der Waals surface area (Å²) in [5.41, 5.74) is 2.12. The van der Waals surface area contributed by atoms with Crippen LogP contribution in [0.3, 0.4) is 0 Å². The maximum absolute atomic E-state index is 12.4. The molecule has 2 aromatic rings. The molecule has 0 unspecified atom stereocenters. The Kier molecular flexibility index (Phi) is 5.76. The van der Waals surface area contributed by atoms with Crippen molar-refractivity contribution in [2.24, 2.45) is 0 Å². The van der Waals surface area contributed by atoms with Crippen molar-refractivity contribution in [3.05, 3.63) is 56.7 Å². The molecule has 1 aromatic carbocycles. The van der Waals surface area contributed by atoms with Gasteiger partial charge in [0.25, 0.3) is 5.91 Å². The van der Waals surface area contributed by atoms with E-state index in [9.17, 15) is 9.59 Å². The fraction of sp³-hybridized carbons (Fsp3) is 0.368. The van der Waals surface area contributed by atoms with Crippen LogP contribution < -0.4 is 0 Å². The number of halogens is 1. The summed E-state index contributed by atoms with van der Waals surface area (Å²) in [7, 11) is 0. The van der Waals surface area contributed by atoms with E-state index in [-0.39, 0.29) is 11.8 Å². The highest BCUT2D eigenvalue weighted by Gasteiger charge is 2.25. The Morgan fingerprint density at radius 1 is 1.12 bits per heavy atom. The molecule has 0 saturated carbocycles. The van der Waals surface area contributed by atoms with Gasteiger partial charge in [-0.2, -0.15) is 0 Å². The summed E-state index contributed by atoms with van der Waals surface area (Å²) in [6.45, 7) is 4.36. The van der Waals surface area contributed by atoms with Gasteiger partial charge in [0.1, 0.15) is 0 Å². The number of benzene rings is 1. The highest BCUT2D eigenvalue weighted by molar-refractivity contribution is 7.12. The average Bonchev–Trinajstić information content (AvgIpc) is 3.16. The van der Waals surface area contributed by atoms with Crippen LogP contribution in [0.5, 0.6) is 0 Å². The molecule has 0 aliphatic carbocycles. The van der Waals surface area contributed by atoms with Gasteiger partial charge in [-0.15, -0.1) is 11.3 Å². The Bertz CT molecular complexity index is 753. The highest BCUT2D eigenvalue weighted by atomic mass is 35.5. The molecule has 6 heteroatoms. The SMILES string of the molecule is Cc1ccc(CCC(=O)N2CCN(C(=O)c3cccs3)CC2)cc1Cl. The fourth-order valence-corrected chi connectivity index (χ4v) is 3.81. The summed E-state index contributed by atoms with van der Waals surface area (Å²) in [6, 6.07) is 9.66. The van der Waals surface area contributed by atoms with Crippen molar-refractivity contribution >= 4 is 34.8 Å². The lowest BCUT2D eigenvalue weighted by Gasteiger charge is -2.34. The standard InChI is InChI=1S/C19H21ClN2O2S/c1-14-4-5-15(13-16(14)20)6-7-18(23)21-8-10-22(11-9-21)19(24)17-3-2-12-25-17/h2-5,12-13H,6-11H2,1H3. The third-order valence-corrected chi connectivity index (χ3v) is 5.78. The predicted molar refractivity (Wildman–Crippen MR) is 101 cm³/mol. The molecule has 0 N–H and O–H groups in total. The quantitative estimate of drug-likeness (QED) is 0.817. The number of nitrogens with zero attached hydrogens (tertiary/aromatic N) is 2. The molecule has 25 heavy (non-hydrogen) atoms. The molecule has 2 amide bonds. The largest absolute Gasteiger partial charge is 0.339 e. The topological polar surface area (TPSA) is 40.6 Å². The molecular weight excluding hydrogens is 356 g/mol. The molecule has 1 saturated heterocycles. The van der Waals surface area contributed by atoms with E-state index >= 15 is 0 Å². The highest BCUT2D eigenvalue weighted by Crippen LogP contribution is 2.18. The van der Waals surface area contributed by atoms with Crippen molar-refractivity contribution in [1.82, 2.24) is 9.80 Å². The predicted octanol–water partition coefficient (Wildman–Crippen LogP) is 3.63. The third kappa shape index (κ3) is 4.41. The van der Waals surface area contributed by atoms with Gasteiger partial charge in [0.05, 0.1) is 4.88 Å². The summed E-state index contributed by atoms with van der Waals surface area (Å²) in [4.78, 5) is 29.2. The van der Waals surface area contributed by atoms with Crippen LogP contribution in [0, 0.1) is 6.92 Å². The van der Waals surface area contributed by atoms with Crippen LogP contribution in [-0.4, -0.2) is 47.8 Å². The van der Waals surface area contributed by atoms with Crippen molar-refractivity contribution in [2.45, 2.75) is 19.8 Å². The van der Waals surface area contributed by atoms with Gasteiger partial charge in [-0.1, -0.05) is 29.8 Å². The lowest BCUT2D eigenvalue weighted by atomic mass is 10.1. The molecule has 0 radical (unpaired) electrons. The average molecular weight is 377 g/mol. The first kappa shape index (κ1) is 18.0. The van der Waals surface area contributed by atoms with Gasteiger partial charge >= 0.3 is 0 Å². The molecule has 1 aliphatic rings. The fourth-order valence-electron chi connectivity index (χ4n) is 2.92. The Balaban J connectivity index is 1.48. The molecule has 2 heterocycles. The number of hydrogen-bond acceptors (Lipinski definition) is 3. The van der Waals surface area contributed by atoms with Gasteiger partial charge in [0, 0.05) is 37.6 Å². The third-order valence-electron chi connectivity index (χ3n) is 4.52. The van der Waals surface area contributed by atoms with E-state index in [1.54, 1.807) is 0 Å². The molecular formula is C19H21ClN2O2S. The van der Waals surface area contributed by atoms with Crippen molar-refractivity contribution in [3.8, 4) is 0 Å². The van der Waals surface area contributed by atoms with Gasteiger partial charge in [0.2, 0.25) is 5.91 Å². The van der Waals surface area contributed by atoms with Crippen molar-refractivity contribution in [3.63, 3.8) is 0 Å². The van der Waals surface area contributed by atoms with Gasteiger partial charge in [-0.05, 0) is 42.0 Å². The van der Waals surface area contributed by atoms with E-state index in [0.717, 1.165) is 21.0 Å². The number of amides is 2. The molecule has 1 aromatic heterocycles. The first-order chi connectivity index (χ1) is 12.0. The Labute approximate surface area is 157 Å². The van der Waals surface area contributed by atoms with Crippen molar-refractivity contribution in [1.29, 1.82) is 0 Å². The van der Waals surface area contributed by atoms with Crippen molar-refractivity contribution < 1.29 is 9.59 Å². The maximum Gasteiger partial charge on any atom is 0.264 e. The molecule has 0 bridgehead atoms. The smallest absolute Gasteiger partial charge is 0.264 e. The van der Waals surface area contributed by atoms with Crippen LogP contribution >= 0.6 is 22.9 Å². The van der Waals surface area contributed by atoms with E-state index in [2.05, 4.69) is 0 Å². The van der Waals surface area contributed by atoms with E-state index in [1.165, 1.54) is 11.3 Å². The maximum atomic E-state index is 12.4. The summed E-state index contributed by atoms with van der Waals surface area (Å²) in [5, 5.41) is 2.65. The minimum absolute atomic E-state index is 0.0661. The van der Waals surface area contributed by atoms with E-state index in [1.807, 2.05) is 52.4 Å². The number of hydrogen-bond donors (Lipinski definition) is 0. The summed E-state index contributed by atoms with van der Waals surface area (Å²) in [6.07, 6.45) is 1.16.